The van der Waals surface area contributed by atoms with Gasteiger partial charge in [-0.1, -0.05) is 0 Å². The normalized spacial score (nSPS) is 24.1. The van der Waals surface area contributed by atoms with Crippen LogP contribution in [0.2, 0.25) is 0 Å². The van der Waals surface area contributed by atoms with Crippen LogP contribution < -0.4 is 10.2 Å². The minimum Gasteiger partial charge on any atom is -0.381 e. The van der Waals surface area contributed by atoms with E-state index >= 15 is 0 Å². The molecular weight excluding hydrogens is 326 g/mol. The predicted octanol–water partition coefficient (Wildman–Crippen LogP) is 2.33. The maximum absolute atomic E-state index is 5.56. The Kier molecular flexibility index (Phi) is 5.60. The average Bonchev–Trinajstić information content (AvgIpc) is 3.28. The molecule has 4 heterocycles. The molecule has 4 rings (SSSR count). The van der Waals surface area contributed by atoms with Crippen LogP contribution in [0.15, 0.2) is 0 Å². The number of ether oxygens (including phenoxy) is 1. The smallest absolute Gasteiger partial charge is 0.227 e. The van der Waals surface area contributed by atoms with Crippen molar-refractivity contribution in [3.05, 3.63) is 11.3 Å². The fourth-order valence-corrected chi connectivity index (χ4v) is 4.36. The molecule has 6 nitrogen and oxygen atoms in total. The minimum atomic E-state index is 0.385. The second-order valence-corrected chi connectivity index (χ2v) is 8.32. The zero-order valence-electron chi connectivity index (χ0n) is 16.3. The van der Waals surface area contributed by atoms with Gasteiger partial charge in [-0.3, -0.25) is 0 Å². The molecule has 1 atom stereocenters. The number of nitrogens with zero attached hydrogens (tertiary/aromatic N) is 4. The first-order chi connectivity index (χ1) is 12.7. The van der Waals surface area contributed by atoms with E-state index in [4.69, 9.17) is 14.7 Å². The lowest BCUT2D eigenvalue weighted by Gasteiger charge is -2.22. The molecule has 0 bridgehead atoms. The van der Waals surface area contributed by atoms with Crippen LogP contribution in [0.25, 0.3) is 0 Å². The molecule has 0 spiro atoms. The van der Waals surface area contributed by atoms with Gasteiger partial charge in [0.15, 0.2) is 0 Å². The van der Waals surface area contributed by atoms with Crippen molar-refractivity contribution in [3.63, 3.8) is 0 Å². The summed E-state index contributed by atoms with van der Waals surface area (Å²) >= 11 is 0. The van der Waals surface area contributed by atoms with Crippen LogP contribution in [0.5, 0.6) is 0 Å². The predicted molar refractivity (Wildman–Crippen MR) is 105 cm³/mol. The second-order valence-electron chi connectivity index (χ2n) is 8.32. The molecule has 1 N–H and O–H groups in total. The highest BCUT2D eigenvalue weighted by Gasteiger charge is 2.25. The zero-order valence-corrected chi connectivity index (χ0v) is 16.3. The van der Waals surface area contributed by atoms with Crippen molar-refractivity contribution in [2.45, 2.75) is 52.0 Å². The lowest BCUT2D eigenvalue weighted by atomic mass is 10.1. The Morgan fingerprint density at radius 2 is 1.92 bits per heavy atom. The summed E-state index contributed by atoms with van der Waals surface area (Å²) in [6, 6.07) is 0.385. The highest BCUT2D eigenvalue weighted by atomic mass is 16.5. The second kappa shape index (κ2) is 8.09. The number of hydrogen-bond donors (Lipinski definition) is 1. The summed E-state index contributed by atoms with van der Waals surface area (Å²) < 4.78 is 5.56. The van der Waals surface area contributed by atoms with Crippen LogP contribution in [-0.4, -0.2) is 66.8 Å². The number of anilines is 2. The average molecular weight is 360 g/mol. The first kappa shape index (κ1) is 18.0. The van der Waals surface area contributed by atoms with Gasteiger partial charge in [-0.2, -0.15) is 4.98 Å². The van der Waals surface area contributed by atoms with Gasteiger partial charge in [0.05, 0.1) is 12.3 Å². The molecule has 2 fully saturated rings. The first-order valence-corrected chi connectivity index (χ1v) is 10.4. The largest absolute Gasteiger partial charge is 0.381 e. The van der Waals surface area contributed by atoms with Crippen molar-refractivity contribution in [1.29, 1.82) is 0 Å². The molecule has 0 radical (unpaired) electrons. The summed E-state index contributed by atoms with van der Waals surface area (Å²) in [5.74, 6) is 2.70. The Morgan fingerprint density at radius 3 is 2.65 bits per heavy atom. The van der Waals surface area contributed by atoms with Crippen LogP contribution in [0, 0.1) is 5.92 Å². The third-order valence-electron chi connectivity index (χ3n) is 5.78. The lowest BCUT2D eigenvalue weighted by molar-refractivity contribution is 0.168. The summed E-state index contributed by atoms with van der Waals surface area (Å²) in [6.07, 6.45) is 5.79. The van der Waals surface area contributed by atoms with Gasteiger partial charge >= 0.3 is 0 Å². The summed E-state index contributed by atoms with van der Waals surface area (Å²) in [7, 11) is 0. The fraction of sp³-hybridized carbons (Fsp3) is 0.800. The molecule has 0 unspecified atom stereocenters. The molecule has 0 aromatic carbocycles. The molecule has 0 aliphatic carbocycles. The van der Waals surface area contributed by atoms with Gasteiger partial charge < -0.3 is 19.9 Å². The van der Waals surface area contributed by atoms with E-state index in [0.717, 1.165) is 70.5 Å². The number of rotatable bonds is 5. The topological polar surface area (TPSA) is 53.5 Å². The lowest BCUT2D eigenvalue weighted by Crippen LogP contribution is -2.32. The van der Waals surface area contributed by atoms with Crippen LogP contribution in [0.3, 0.4) is 0 Å². The Morgan fingerprint density at radius 1 is 1.12 bits per heavy atom. The molecule has 144 valence electrons. The van der Waals surface area contributed by atoms with Crippen molar-refractivity contribution >= 4 is 11.8 Å². The molecule has 1 aromatic rings. The first-order valence-electron chi connectivity index (χ1n) is 10.4. The molecular formula is C20H33N5O. The molecule has 1 aromatic heterocycles. The third kappa shape index (κ3) is 4.12. The maximum Gasteiger partial charge on any atom is 0.227 e. The summed E-state index contributed by atoms with van der Waals surface area (Å²) in [6.45, 7) is 11.8. The molecule has 6 heteroatoms. The fourth-order valence-electron chi connectivity index (χ4n) is 4.36. The number of hydrogen-bond acceptors (Lipinski definition) is 6. The van der Waals surface area contributed by atoms with Gasteiger partial charge in [-0.25, -0.2) is 4.98 Å². The highest BCUT2D eigenvalue weighted by Crippen LogP contribution is 2.27. The van der Waals surface area contributed by atoms with E-state index in [1.165, 1.54) is 30.5 Å². The highest BCUT2D eigenvalue weighted by molar-refractivity contribution is 5.52. The summed E-state index contributed by atoms with van der Waals surface area (Å²) in [4.78, 5) is 14.9. The Balaban J connectivity index is 1.54. The van der Waals surface area contributed by atoms with E-state index in [9.17, 15) is 0 Å². The maximum atomic E-state index is 5.56. The Bertz CT molecular complexity index is 608. The van der Waals surface area contributed by atoms with Crippen LogP contribution in [-0.2, 0) is 17.6 Å². The number of nitrogens with one attached hydrogen (secondary N) is 1. The van der Waals surface area contributed by atoms with Crippen molar-refractivity contribution in [1.82, 2.24) is 14.9 Å². The molecule has 0 amide bonds. The van der Waals surface area contributed by atoms with Gasteiger partial charge in [0, 0.05) is 57.4 Å². The summed E-state index contributed by atoms with van der Waals surface area (Å²) in [5.41, 5.74) is 2.60. The minimum absolute atomic E-state index is 0.385. The molecule has 3 aliphatic rings. The third-order valence-corrected chi connectivity index (χ3v) is 5.78. The van der Waals surface area contributed by atoms with E-state index in [0.29, 0.717) is 12.0 Å². The van der Waals surface area contributed by atoms with E-state index in [1.54, 1.807) is 0 Å². The molecule has 3 aliphatic heterocycles. The van der Waals surface area contributed by atoms with Gasteiger partial charge in [-0.15, -0.1) is 0 Å². The number of aromatic nitrogens is 2. The quantitative estimate of drug-likeness (QED) is 0.871. The van der Waals surface area contributed by atoms with Crippen molar-refractivity contribution in [2.24, 2.45) is 5.92 Å². The van der Waals surface area contributed by atoms with E-state index < -0.39 is 0 Å². The Hall–Kier alpha value is -1.40. The van der Waals surface area contributed by atoms with Gasteiger partial charge in [0.25, 0.3) is 0 Å². The van der Waals surface area contributed by atoms with Crippen LogP contribution in [0.1, 0.15) is 44.4 Å². The molecule has 26 heavy (non-hydrogen) atoms. The van der Waals surface area contributed by atoms with Crippen LogP contribution in [0.4, 0.5) is 11.8 Å². The van der Waals surface area contributed by atoms with Crippen LogP contribution >= 0.6 is 0 Å². The molecule has 0 saturated carbocycles. The standard InChI is InChI=1S/C20H33N5O/c1-15(2)21-19-17-5-10-24(13-16-7-12-26-14-16)11-6-18(17)22-20(23-19)25-8-3-4-9-25/h15-16H,3-14H2,1-2H3,(H,21,22,23)/t16-/m1/s1. The molecule has 2 saturated heterocycles. The van der Waals surface area contributed by atoms with Gasteiger partial charge in [0.1, 0.15) is 5.82 Å². The SMILES string of the molecule is CC(C)Nc1nc(N2CCCC2)nc2c1CCN(C[C@H]1CCOC1)CC2. The van der Waals surface area contributed by atoms with Crippen molar-refractivity contribution < 1.29 is 4.74 Å². The van der Waals surface area contributed by atoms with Gasteiger partial charge in [-0.05, 0) is 45.4 Å². The monoisotopic (exact) mass is 359 g/mol. The summed E-state index contributed by atoms with van der Waals surface area (Å²) in [5, 5.41) is 3.60. The van der Waals surface area contributed by atoms with Crippen molar-refractivity contribution in [2.75, 3.05) is 56.2 Å². The van der Waals surface area contributed by atoms with Crippen molar-refractivity contribution in [3.8, 4) is 0 Å². The zero-order chi connectivity index (χ0) is 17.9. The van der Waals surface area contributed by atoms with Gasteiger partial charge in [0.2, 0.25) is 5.95 Å². The Labute approximate surface area is 157 Å². The van der Waals surface area contributed by atoms with E-state index in [-0.39, 0.29) is 0 Å². The van der Waals surface area contributed by atoms with E-state index in [1.807, 2.05) is 0 Å². The number of fused-ring (bicyclic) bond motifs is 1. The van der Waals surface area contributed by atoms with E-state index in [2.05, 4.69) is 29.0 Å².